The van der Waals surface area contributed by atoms with E-state index in [1.807, 2.05) is 0 Å². The molecule has 11 heteroatoms. The number of unbranched alkanes of at least 4 members (excludes halogenated alkanes) is 30. The number of hydrogen-bond acceptors (Lipinski definition) is 8. The molecule has 340 valence electrons. The molecule has 0 N–H and O–H groups in total. The maximum Gasteiger partial charge on any atom is 2.00 e. The standard InChI is InChI=1S/2C23H48O4S.Ca/c2*1-3-5-7-9-10-11-12-13-14-15-17-19-21-23(22-27-28(24,25)26)20-18-16-8-6-4-2;/h2*23H,3-22H2,1-2H3,(H,24,25,26);/q;;+2/p-2. The fourth-order valence-electron chi connectivity index (χ4n) is 7.60. The second-order valence-electron chi connectivity index (χ2n) is 16.9. The summed E-state index contributed by atoms with van der Waals surface area (Å²) in [4.78, 5) is 0. The molecule has 0 saturated carbocycles. The summed E-state index contributed by atoms with van der Waals surface area (Å²) in [6.07, 6.45) is 47.6. The molecule has 0 bridgehead atoms. The monoisotopic (exact) mass is 879 g/mol. The minimum atomic E-state index is -4.56. The van der Waals surface area contributed by atoms with Crippen molar-refractivity contribution < 1.29 is 34.3 Å². The van der Waals surface area contributed by atoms with Gasteiger partial charge in [-0.05, 0) is 37.5 Å². The summed E-state index contributed by atoms with van der Waals surface area (Å²) < 4.78 is 73.6. The molecule has 0 aliphatic heterocycles. The van der Waals surface area contributed by atoms with Gasteiger partial charge in [0.1, 0.15) is 0 Å². The first-order valence-corrected chi connectivity index (χ1v) is 26.9. The van der Waals surface area contributed by atoms with E-state index in [2.05, 4.69) is 36.1 Å². The van der Waals surface area contributed by atoms with Crippen LogP contribution < -0.4 is 0 Å². The quantitative estimate of drug-likeness (QED) is 0.0256. The van der Waals surface area contributed by atoms with E-state index in [0.29, 0.717) is 0 Å². The van der Waals surface area contributed by atoms with Gasteiger partial charge in [-0.3, -0.25) is 8.37 Å². The van der Waals surface area contributed by atoms with Crippen molar-refractivity contribution in [2.75, 3.05) is 13.2 Å². The second kappa shape index (κ2) is 48.0. The first kappa shape index (κ1) is 62.3. The Bertz CT molecular complexity index is 903. The van der Waals surface area contributed by atoms with Gasteiger partial charge < -0.3 is 9.11 Å². The third-order valence-corrected chi connectivity index (χ3v) is 12.1. The first-order chi connectivity index (χ1) is 27.0. The predicted octanol–water partition coefficient (Wildman–Crippen LogP) is 14.7. The molecular formula is C46H94CaO8S2. The molecule has 2 unspecified atom stereocenters. The van der Waals surface area contributed by atoms with Gasteiger partial charge in [0, 0.05) is 0 Å². The molecule has 0 fully saturated rings. The van der Waals surface area contributed by atoms with E-state index in [4.69, 9.17) is 0 Å². The van der Waals surface area contributed by atoms with Gasteiger partial charge in [0.25, 0.3) is 0 Å². The van der Waals surface area contributed by atoms with E-state index in [0.717, 1.165) is 51.4 Å². The molecular weight excluding hydrogens is 785 g/mol. The summed E-state index contributed by atoms with van der Waals surface area (Å²) in [6.45, 7) is 9.05. The predicted molar refractivity (Wildman–Crippen MR) is 242 cm³/mol. The Morgan fingerprint density at radius 3 is 0.632 bits per heavy atom. The molecule has 2 atom stereocenters. The maximum atomic E-state index is 10.7. The van der Waals surface area contributed by atoms with Gasteiger partial charge in [-0.25, -0.2) is 16.8 Å². The van der Waals surface area contributed by atoms with Crippen molar-refractivity contribution in [3.05, 3.63) is 0 Å². The SMILES string of the molecule is CCCCCCCCCCCCCCC(CCCCCCC)COS(=O)(=O)[O-].CCCCCCCCCCCCCCC(CCCCCCC)COS(=O)(=O)[O-].[Ca+2]. The molecule has 0 amide bonds. The van der Waals surface area contributed by atoms with Crippen LogP contribution in [0.2, 0.25) is 0 Å². The van der Waals surface area contributed by atoms with Crippen LogP contribution in [0.4, 0.5) is 0 Å². The van der Waals surface area contributed by atoms with Gasteiger partial charge in [-0.1, -0.05) is 246 Å². The van der Waals surface area contributed by atoms with Crippen molar-refractivity contribution in [2.24, 2.45) is 11.8 Å². The third kappa shape index (κ3) is 57.0. The normalized spacial score (nSPS) is 12.9. The van der Waals surface area contributed by atoms with Gasteiger partial charge in [-0.15, -0.1) is 0 Å². The first-order valence-electron chi connectivity index (χ1n) is 24.2. The summed E-state index contributed by atoms with van der Waals surface area (Å²) >= 11 is 0. The zero-order chi connectivity index (χ0) is 41.9. The van der Waals surface area contributed by atoms with Crippen molar-refractivity contribution in [1.29, 1.82) is 0 Å². The summed E-state index contributed by atoms with van der Waals surface area (Å²) in [5.41, 5.74) is 0. The van der Waals surface area contributed by atoms with E-state index < -0.39 is 20.8 Å². The van der Waals surface area contributed by atoms with Gasteiger partial charge in [-0.2, -0.15) is 0 Å². The maximum absolute atomic E-state index is 10.7. The molecule has 0 aromatic carbocycles. The Kier molecular flexibility index (Phi) is 52.5. The topological polar surface area (TPSA) is 133 Å². The molecule has 0 aromatic heterocycles. The summed E-state index contributed by atoms with van der Waals surface area (Å²) in [6, 6.07) is 0. The summed E-state index contributed by atoms with van der Waals surface area (Å²) in [5, 5.41) is 0. The Hall–Kier alpha value is 1.000. The van der Waals surface area contributed by atoms with E-state index in [1.165, 1.54) is 193 Å². The Balaban J connectivity index is -0.00000101. The van der Waals surface area contributed by atoms with Crippen molar-refractivity contribution in [3.63, 3.8) is 0 Å². The fourth-order valence-corrected chi connectivity index (χ4v) is 8.32. The molecule has 0 rings (SSSR count). The molecule has 57 heavy (non-hydrogen) atoms. The van der Waals surface area contributed by atoms with E-state index >= 15 is 0 Å². The minimum Gasteiger partial charge on any atom is -0.726 e. The van der Waals surface area contributed by atoms with Gasteiger partial charge in [0.05, 0.1) is 13.2 Å². The average Bonchev–Trinajstić information content (AvgIpc) is 3.15. The summed E-state index contributed by atoms with van der Waals surface area (Å²) in [7, 11) is -9.13. The third-order valence-electron chi connectivity index (χ3n) is 11.3. The van der Waals surface area contributed by atoms with Gasteiger partial charge in [0.15, 0.2) is 0 Å². The minimum absolute atomic E-state index is 0. The van der Waals surface area contributed by atoms with Crippen LogP contribution in [0.25, 0.3) is 0 Å². The van der Waals surface area contributed by atoms with Crippen molar-refractivity contribution in [2.45, 2.75) is 272 Å². The van der Waals surface area contributed by atoms with Crippen LogP contribution in [-0.4, -0.2) is 76.9 Å². The molecule has 0 saturated heterocycles. The van der Waals surface area contributed by atoms with Crippen LogP contribution in [0.15, 0.2) is 0 Å². The van der Waals surface area contributed by atoms with E-state index in [9.17, 15) is 25.9 Å². The Morgan fingerprint density at radius 1 is 0.316 bits per heavy atom. The van der Waals surface area contributed by atoms with Crippen LogP contribution in [0.5, 0.6) is 0 Å². The van der Waals surface area contributed by atoms with Crippen molar-refractivity contribution in [3.8, 4) is 0 Å². The number of rotatable bonds is 44. The molecule has 0 aliphatic rings. The molecule has 0 aliphatic carbocycles. The van der Waals surface area contributed by atoms with Crippen LogP contribution in [0.1, 0.15) is 272 Å². The molecule has 8 nitrogen and oxygen atoms in total. The van der Waals surface area contributed by atoms with Crippen LogP contribution in [-0.2, 0) is 29.2 Å². The molecule has 0 aromatic rings. The summed E-state index contributed by atoms with van der Waals surface area (Å²) in [5.74, 6) is 0.405. The van der Waals surface area contributed by atoms with Crippen LogP contribution >= 0.6 is 0 Å². The smallest absolute Gasteiger partial charge is 0.726 e. The largest absolute Gasteiger partial charge is 2.00 e. The number of hydrogen-bond donors (Lipinski definition) is 0. The molecule has 0 heterocycles. The zero-order valence-electron chi connectivity index (χ0n) is 38.2. The Morgan fingerprint density at radius 2 is 0.474 bits per heavy atom. The average molecular weight is 879 g/mol. The van der Waals surface area contributed by atoms with E-state index in [1.54, 1.807) is 0 Å². The van der Waals surface area contributed by atoms with Gasteiger partial charge >= 0.3 is 37.7 Å². The van der Waals surface area contributed by atoms with E-state index in [-0.39, 0.29) is 62.8 Å². The Labute approximate surface area is 386 Å². The van der Waals surface area contributed by atoms with Crippen molar-refractivity contribution in [1.82, 2.24) is 0 Å². The fraction of sp³-hybridized carbons (Fsp3) is 1.00. The molecule has 0 spiro atoms. The molecule has 0 radical (unpaired) electrons. The van der Waals surface area contributed by atoms with Crippen molar-refractivity contribution >= 4 is 58.5 Å². The second-order valence-corrected chi connectivity index (χ2v) is 19.0. The van der Waals surface area contributed by atoms with Gasteiger partial charge in [0.2, 0.25) is 20.8 Å². The zero-order valence-corrected chi connectivity index (χ0v) is 42.1. The van der Waals surface area contributed by atoms with Crippen LogP contribution in [0, 0.1) is 11.8 Å². The van der Waals surface area contributed by atoms with Crippen LogP contribution in [0.3, 0.4) is 0 Å².